The second kappa shape index (κ2) is 18.2. The van der Waals surface area contributed by atoms with Crippen LogP contribution >= 0.6 is 31.9 Å². The molecular weight excluding hydrogens is 808 g/mol. The van der Waals surface area contributed by atoms with E-state index in [4.69, 9.17) is 28.4 Å². The molecular formula is C46H42Br2O6. The molecule has 276 valence electrons. The number of halogens is 2. The highest BCUT2D eigenvalue weighted by atomic mass is 79.9. The molecule has 6 nitrogen and oxygen atoms in total. The van der Waals surface area contributed by atoms with Crippen LogP contribution in [0.4, 0.5) is 0 Å². The molecule has 0 N–H and O–H groups in total. The van der Waals surface area contributed by atoms with Crippen molar-refractivity contribution in [3.05, 3.63) is 186 Å². The van der Waals surface area contributed by atoms with Gasteiger partial charge in [0, 0.05) is 71.1 Å². The molecule has 0 saturated heterocycles. The van der Waals surface area contributed by atoms with Gasteiger partial charge in [-0.1, -0.05) is 129 Å². The van der Waals surface area contributed by atoms with E-state index in [2.05, 4.69) is 117 Å². The van der Waals surface area contributed by atoms with Gasteiger partial charge >= 0.3 is 0 Å². The normalized spacial score (nSPS) is 12.2. The fourth-order valence-corrected chi connectivity index (χ4v) is 8.14. The minimum atomic E-state index is 0.115. The molecule has 7 rings (SSSR count). The van der Waals surface area contributed by atoms with E-state index in [1.54, 1.807) is 14.2 Å². The van der Waals surface area contributed by atoms with Crippen molar-refractivity contribution in [2.45, 2.75) is 38.9 Å². The number of rotatable bonds is 12. The van der Waals surface area contributed by atoms with Crippen molar-refractivity contribution in [3.8, 4) is 23.0 Å². The third-order valence-electron chi connectivity index (χ3n) is 9.39. The highest BCUT2D eigenvalue weighted by Gasteiger charge is 2.23. The fourth-order valence-electron chi connectivity index (χ4n) is 7.04. The van der Waals surface area contributed by atoms with Gasteiger partial charge < -0.3 is 28.4 Å². The number of hydrogen-bond acceptors (Lipinski definition) is 6. The summed E-state index contributed by atoms with van der Waals surface area (Å²) in [7, 11) is 3.29. The van der Waals surface area contributed by atoms with E-state index in [1.165, 1.54) is 0 Å². The van der Waals surface area contributed by atoms with E-state index >= 15 is 0 Å². The number of ether oxygens (including phenoxy) is 6. The van der Waals surface area contributed by atoms with E-state index in [0.29, 0.717) is 38.9 Å². The second-order valence-electron chi connectivity index (χ2n) is 13.3. The molecule has 8 heteroatoms. The fraction of sp³-hybridized carbons (Fsp3) is 0.217. The van der Waals surface area contributed by atoms with Gasteiger partial charge in [-0.2, -0.15) is 0 Å². The lowest BCUT2D eigenvalue weighted by Gasteiger charge is -2.23. The molecule has 0 radical (unpaired) electrons. The van der Waals surface area contributed by atoms with Gasteiger partial charge in [0.05, 0.1) is 0 Å². The molecule has 0 atom stereocenters. The van der Waals surface area contributed by atoms with Crippen LogP contribution in [-0.4, -0.2) is 27.8 Å². The van der Waals surface area contributed by atoms with Crippen LogP contribution in [0.15, 0.2) is 130 Å². The zero-order valence-electron chi connectivity index (χ0n) is 30.4. The van der Waals surface area contributed by atoms with E-state index < -0.39 is 0 Å². The van der Waals surface area contributed by atoms with Gasteiger partial charge in [0.1, 0.15) is 36.2 Å². The number of benzene rings is 6. The van der Waals surface area contributed by atoms with Crippen molar-refractivity contribution in [2.75, 3.05) is 27.8 Å². The van der Waals surface area contributed by atoms with Crippen molar-refractivity contribution in [2.24, 2.45) is 0 Å². The molecule has 6 aromatic carbocycles. The second-order valence-corrected chi connectivity index (χ2v) is 15.1. The smallest absolute Gasteiger partial charge is 0.188 e. The predicted octanol–water partition coefficient (Wildman–Crippen LogP) is 11.0. The van der Waals surface area contributed by atoms with Gasteiger partial charge in [-0.3, -0.25) is 0 Å². The Morgan fingerprint density at radius 1 is 0.389 bits per heavy atom. The Morgan fingerprint density at radius 2 is 0.704 bits per heavy atom. The summed E-state index contributed by atoms with van der Waals surface area (Å²) in [4.78, 5) is 0. The molecule has 6 aromatic rings. The highest BCUT2D eigenvalue weighted by molar-refractivity contribution is 9.10. The van der Waals surface area contributed by atoms with Crippen LogP contribution in [-0.2, 0) is 48.4 Å². The average molecular weight is 851 g/mol. The van der Waals surface area contributed by atoms with Gasteiger partial charge in [0.15, 0.2) is 13.6 Å². The summed E-state index contributed by atoms with van der Waals surface area (Å²) >= 11 is 7.69. The lowest BCUT2D eigenvalue weighted by Crippen LogP contribution is -2.10. The first-order valence-corrected chi connectivity index (χ1v) is 19.5. The largest absolute Gasteiger partial charge is 0.488 e. The summed E-state index contributed by atoms with van der Waals surface area (Å²) in [5.74, 6) is 3.26. The molecule has 0 heterocycles. The van der Waals surface area contributed by atoms with Gasteiger partial charge in [0.2, 0.25) is 0 Å². The Balaban J connectivity index is 1.43. The maximum absolute atomic E-state index is 6.79. The Labute approximate surface area is 334 Å². The van der Waals surface area contributed by atoms with Crippen LogP contribution in [0.2, 0.25) is 0 Å². The van der Waals surface area contributed by atoms with Crippen LogP contribution in [0.25, 0.3) is 0 Å². The third kappa shape index (κ3) is 9.19. The van der Waals surface area contributed by atoms with Crippen molar-refractivity contribution in [1.29, 1.82) is 0 Å². The van der Waals surface area contributed by atoms with Crippen molar-refractivity contribution >= 4 is 31.9 Å². The summed E-state index contributed by atoms with van der Waals surface area (Å²) < 4.78 is 39.3. The first-order chi connectivity index (χ1) is 26.5. The van der Waals surface area contributed by atoms with Gasteiger partial charge in [-0.25, -0.2) is 0 Å². The SMILES string of the molecule is COCOc1c2cc(Br)cc1Cc1cccc(c1OCc1ccccc1)Cc1cc(Br)cc(c1OCOC)Cc1cccc(c1OCc1ccccc1)C2. The Morgan fingerprint density at radius 3 is 1.02 bits per heavy atom. The minimum absolute atomic E-state index is 0.115. The first kappa shape index (κ1) is 37.7. The lowest BCUT2D eigenvalue weighted by molar-refractivity contribution is 0.0497. The molecule has 0 amide bonds. The molecule has 0 aromatic heterocycles. The van der Waals surface area contributed by atoms with Crippen LogP contribution in [0.5, 0.6) is 23.0 Å². The molecule has 0 aliphatic heterocycles. The zero-order chi connectivity index (χ0) is 37.3. The summed E-state index contributed by atoms with van der Waals surface area (Å²) in [6.45, 7) is 1.09. The molecule has 1 aliphatic rings. The van der Waals surface area contributed by atoms with Gasteiger partial charge in [0.25, 0.3) is 0 Å². The summed E-state index contributed by atoms with van der Waals surface area (Å²) in [6.07, 6.45) is 2.27. The Kier molecular flexibility index (Phi) is 12.7. The van der Waals surface area contributed by atoms with E-state index in [9.17, 15) is 0 Å². The number of methoxy groups -OCH3 is 2. The number of para-hydroxylation sites is 2. The van der Waals surface area contributed by atoms with Gasteiger partial charge in [-0.15, -0.1) is 0 Å². The number of hydrogen-bond donors (Lipinski definition) is 0. The Hall–Kier alpha value is -4.60. The molecule has 0 saturated carbocycles. The highest BCUT2D eigenvalue weighted by Crippen LogP contribution is 2.41. The minimum Gasteiger partial charge on any atom is -0.488 e. The van der Waals surface area contributed by atoms with E-state index in [1.807, 2.05) is 36.4 Å². The van der Waals surface area contributed by atoms with Crippen molar-refractivity contribution < 1.29 is 28.4 Å². The Bertz CT molecular complexity index is 1940. The quantitative estimate of drug-likeness (QED) is 0.114. The summed E-state index contributed by atoms with van der Waals surface area (Å²) in [6, 6.07) is 41.8. The maximum Gasteiger partial charge on any atom is 0.188 e. The van der Waals surface area contributed by atoms with Crippen LogP contribution < -0.4 is 18.9 Å². The summed E-state index contributed by atoms with van der Waals surface area (Å²) in [5.41, 5.74) is 10.4. The van der Waals surface area contributed by atoms with Crippen LogP contribution in [0, 0.1) is 0 Å². The predicted molar refractivity (Wildman–Crippen MR) is 219 cm³/mol. The molecule has 8 bridgehead atoms. The average Bonchev–Trinajstić information content (AvgIpc) is 3.17. The standard InChI is InChI=1S/C46H42Br2O6/c1-49-29-53-45-37-19-33-15-9-17-35(43(33)51-27-31-11-5-3-6-12-31)21-39-25-42(48)26-40(46(39)54-30-50-2)22-36-18-10-16-34(20-38(45)24-41(47)23-37)44(36)52-28-32-13-7-4-8-14-32/h3-18,23-26H,19-22,27-30H2,1-2H3. The maximum atomic E-state index is 6.79. The molecule has 1 aliphatic carbocycles. The molecule has 0 unspecified atom stereocenters. The number of fused-ring (bicyclic) bond motifs is 8. The van der Waals surface area contributed by atoms with Crippen molar-refractivity contribution in [1.82, 2.24) is 0 Å². The van der Waals surface area contributed by atoms with Crippen LogP contribution in [0.1, 0.15) is 55.6 Å². The molecule has 0 spiro atoms. The van der Waals surface area contributed by atoms with E-state index in [0.717, 1.165) is 87.6 Å². The summed E-state index contributed by atoms with van der Waals surface area (Å²) in [5, 5.41) is 0. The topological polar surface area (TPSA) is 55.4 Å². The lowest BCUT2D eigenvalue weighted by atomic mass is 9.91. The molecule has 54 heavy (non-hydrogen) atoms. The van der Waals surface area contributed by atoms with Gasteiger partial charge in [-0.05, 0) is 57.6 Å². The first-order valence-electron chi connectivity index (χ1n) is 17.9. The monoisotopic (exact) mass is 848 g/mol. The molecule has 0 fully saturated rings. The van der Waals surface area contributed by atoms with Crippen LogP contribution in [0.3, 0.4) is 0 Å². The zero-order valence-corrected chi connectivity index (χ0v) is 33.6. The van der Waals surface area contributed by atoms with E-state index in [-0.39, 0.29) is 13.6 Å². The third-order valence-corrected chi connectivity index (χ3v) is 10.3. The van der Waals surface area contributed by atoms with Crippen molar-refractivity contribution in [3.63, 3.8) is 0 Å².